The normalized spacial score (nSPS) is 15.0. The number of nitrogens with zero attached hydrogens (tertiary/aromatic N) is 4. The van der Waals surface area contributed by atoms with Crippen LogP contribution in [0.25, 0.3) is 21.7 Å². The van der Waals surface area contributed by atoms with Gasteiger partial charge in [0.2, 0.25) is 9.84 Å². The summed E-state index contributed by atoms with van der Waals surface area (Å²) in [5.74, 6) is 0. The first-order valence-electron chi connectivity index (χ1n) is 12.3. The number of sulfone groups is 1. The molecule has 4 aromatic carbocycles. The molecule has 2 heterocycles. The maximum absolute atomic E-state index is 14.2. The fourth-order valence-electron chi connectivity index (χ4n) is 5.06. The third kappa shape index (κ3) is 4.48. The SMILES string of the molecule is CN1CCN(c2ccc3c(c2)c(S(=O)(=O)c2cccc4ccccc24)nn3Cc2cccc(Cl)c2)CC1. The van der Waals surface area contributed by atoms with Crippen molar-refractivity contribution in [2.24, 2.45) is 0 Å². The Morgan fingerprint density at radius 2 is 1.59 bits per heavy atom. The Morgan fingerprint density at radius 3 is 2.41 bits per heavy atom. The Kier molecular flexibility index (Phi) is 6.15. The van der Waals surface area contributed by atoms with Crippen LogP contribution in [0.1, 0.15) is 5.56 Å². The van der Waals surface area contributed by atoms with E-state index in [2.05, 4.69) is 22.9 Å². The molecule has 0 saturated carbocycles. The topological polar surface area (TPSA) is 58.4 Å². The van der Waals surface area contributed by atoms with Gasteiger partial charge >= 0.3 is 0 Å². The molecule has 0 atom stereocenters. The van der Waals surface area contributed by atoms with Crippen LogP contribution in [-0.2, 0) is 16.4 Å². The van der Waals surface area contributed by atoms with E-state index in [0.29, 0.717) is 22.3 Å². The number of benzene rings is 4. The molecule has 0 aliphatic carbocycles. The Bertz CT molecular complexity index is 1720. The van der Waals surface area contributed by atoms with Crippen molar-refractivity contribution in [1.82, 2.24) is 14.7 Å². The third-order valence-corrected chi connectivity index (χ3v) is 9.06. The second-order valence-electron chi connectivity index (χ2n) is 9.57. The molecule has 37 heavy (non-hydrogen) atoms. The van der Waals surface area contributed by atoms with Gasteiger partial charge in [0.25, 0.3) is 0 Å². The smallest absolute Gasteiger partial charge is 0.226 e. The Hall–Kier alpha value is -3.39. The lowest BCUT2D eigenvalue weighted by atomic mass is 10.1. The van der Waals surface area contributed by atoms with E-state index in [-0.39, 0.29) is 9.92 Å². The van der Waals surface area contributed by atoms with Gasteiger partial charge in [-0.25, -0.2) is 8.42 Å². The molecule has 0 amide bonds. The molecule has 1 aromatic heterocycles. The van der Waals surface area contributed by atoms with E-state index in [4.69, 9.17) is 16.7 Å². The number of piperazine rings is 1. The maximum atomic E-state index is 14.2. The van der Waals surface area contributed by atoms with Gasteiger partial charge in [-0.1, -0.05) is 60.1 Å². The first-order chi connectivity index (χ1) is 17.9. The van der Waals surface area contributed by atoms with E-state index in [1.54, 1.807) is 16.8 Å². The molecule has 1 aliphatic heterocycles. The van der Waals surface area contributed by atoms with Crippen molar-refractivity contribution in [3.63, 3.8) is 0 Å². The summed E-state index contributed by atoms with van der Waals surface area (Å²) in [6.45, 7) is 4.13. The maximum Gasteiger partial charge on any atom is 0.226 e. The summed E-state index contributed by atoms with van der Waals surface area (Å²) in [6.07, 6.45) is 0. The zero-order valence-electron chi connectivity index (χ0n) is 20.5. The van der Waals surface area contributed by atoms with Crippen LogP contribution in [0.4, 0.5) is 5.69 Å². The molecule has 0 spiro atoms. The van der Waals surface area contributed by atoms with Gasteiger partial charge in [-0.05, 0) is 54.4 Å². The Labute approximate surface area is 221 Å². The van der Waals surface area contributed by atoms with Gasteiger partial charge in [0.15, 0.2) is 5.03 Å². The zero-order valence-corrected chi connectivity index (χ0v) is 22.1. The number of anilines is 1. The number of likely N-dealkylation sites (N-methyl/N-ethyl adjacent to an activating group) is 1. The number of hydrogen-bond acceptors (Lipinski definition) is 5. The summed E-state index contributed by atoms with van der Waals surface area (Å²) < 4.78 is 30.2. The third-order valence-electron chi connectivity index (χ3n) is 7.08. The molecule has 1 fully saturated rings. The van der Waals surface area contributed by atoms with Crippen LogP contribution in [0.3, 0.4) is 0 Å². The molecule has 188 valence electrons. The lowest BCUT2D eigenvalue weighted by Gasteiger charge is -2.34. The average molecular weight is 531 g/mol. The lowest BCUT2D eigenvalue weighted by Crippen LogP contribution is -2.44. The molecule has 6 nitrogen and oxygen atoms in total. The second kappa shape index (κ2) is 9.49. The lowest BCUT2D eigenvalue weighted by molar-refractivity contribution is 0.313. The monoisotopic (exact) mass is 530 g/mol. The van der Waals surface area contributed by atoms with Crippen LogP contribution in [-0.4, -0.2) is 56.3 Å². The molecule has 0 radical (unpaired) electrons. The molecule has 0 unspecified atom stereocenters. The van der Waals surface area contributed by atoms with Gasteiger partial charge in [0.1, 0.15) is 0 Å². The number of aromatic nitrogens is 2. The van der Waals surface area contributed by atoms with Gasteiger partial charge in [-0.3, -0.25) is 4.68 Å². The number of fused-ring (bicyclic) bond motifs is 2. The quantitative estimate of drug-likeness (QED) is 0.301. The molecule has 1 aliphatic rings. The van der Waals surface area contributed by atoms with E-state index in [9.17, 15) is 8.42 Å². The summed E-state index contributed by atoms with van der Waals surface area (Å²) in [5, 5.41) is 7.64. The van der Waals surface area contributed by atoms with E-state index in [1.807, 2.05) is 66.7 Å². The van der Waals surface area contributed by atoms with Crippen molar-refractivity contribution >= 4 is 48.8 Å². The van der Waals surface area contributed by atoms with Gasteiger partial charge in [0.05, 0.1) is 17.0 Å². The minimum atomic E-state index is -3.91. The molecule has 8 heteroatoms. The summed E-state index contributed by atoms with van der Waals surface area (Å²) in [6, 6.07) is 26.5. The van der Waals surface area contributed by atoms with Crippen LogP contribution in [0, 0.1) is 0 Å². The Balaban J connectivity index is 1.53. The van der Waals surface area contributed by atoms with Crippen LogP contribution < -0.4 is 4.90 Å². The predicted octanol–water partition coefficient (Wildman–Crippen LogP) is 5.48. The van der Waals surface area contributed by atoms with Gasteiger partial charge < -0.3 is 9.80 Å². The zero-order chi connectivity index (χ0) is 25.6. The van der Waals surface area contributed by atoms with E-state index in [1.165, 1.54) is 0 Å². The van der Waals surface area contributed by atoms with Crippen molar-refractivity contribution in [3.8, 4) is 0 Å². The first-order valence-corrected chi connectivity index (χ1v) is 14.2. The molecule has 0 bridgehead atoms. The highest BCUT2D eigenvalue weighted by Gasteiger charge is 2.28. The summed E-state index contributed by atoms with van der Waals surface area (Å²) in [4.78, 5) is 4.88. The van der Waals surface area contributed by atoms with Crippen molar-refractivity contribution < 1.29 is 8.42 Å². The van der Waals surface area contributed by atoms with Gasteiger partial charge in [-0.2, -0.15) is 5.10 Å². The van der Waals surface area contributed by atoms with Crippen molar-refractivity contribution in [1.29, 1.82) is 0 Å². The van der Waals surface area contributed by atoms with Crippen molar-refractivity contribution in [2.75, 3.05) is 38.1 Å². The molecule has 1 saturated heterocycles. The largest absolute Gasteiger partial charge is 0.369 e. The Morgan fingerprint density at radius 1 is 0.838 bits per heavy atom. The summed E-state index contributed by atoms with van der Waals surface area (Å²) in [7, 11) is -1.79. The van der Waals surface area contributed by atoms with Gasteiger partial charge in [0, 0.05) is 47.7 Å². The molecule has 5 aromatic rings. The molecular weight excluding hydrogens is 504 g/mol. The first kappa shape index (κ1) is 24.0. The molecular formula is C29H27ClN4O2S. The fraction of sp³-hybridized carbons (Fsp3) is 0.207. The molecule has 6 rings (SSSR count). The van der Waals surface area contributed by atoms with E-state index in [0.717, 1.165) is 48.3 Å². The minimum Gasteiger partial charge on any atom is -0.369 e. The van der Waals surface area contributed by atoms with Crippen molar-refractivity contribution in [3.05, 3.63) is 95.5 Å². The van der Waals surface area contributed by atoms with Crippen LogP contribution in [0.5, 0.6) is 0 Å². The number of halogens is 1. The minimum absolute atomic E-state index is 0.0804. The van der Waals surface area contributed by atoms with Crippen LogP contribution in [0.15, 0.2) is 94.9 Å². The van der Waals surface area contributed by atoms with Crippen LogP contribution >= 0.6 is 11.6 Å². The van der Waals surface area contributed by atoms with E-state index < -0.39 is 9.84 Å². The highest BCUT2D eigenvalue weighted by atomic mass is 35.5. The highest BCUT2D eigenvalue weighted by molar-refractivity contribution is 7.91. The summed E-state index contributed by atoms with van der Waals surface area (Å²) in [5.41, 5.74) is 2.74. The average Bonchev–Trinajstić information content (AvgIpc) is 3.27. The fourth-order valence-corrected chi connectivity index (χ4v) is 6.87. The predicted molar refractivity (Wildman–Crippen MR) is 149 cm³/mol. The standard InChI is InChI=1S/C29H27ClN4O2S/c1-32-14-16-33(17-15-32)24-12-13-27-26(19-24)29(31-34(27)20-21-6-4-9-23(30)18-21)37(35,36)28-11-5-8-22-7-2-3-10-25(22)28/h2-13,18-19H,14-17,20H2,1H3. The van der Waals surface area contributed by atoms with E-state index >= 15 is 0 Å². The van der Waals surface area contributed by atoms with Crippen LogP contribution in [0.2, 0.25) is 5.02 Å². The summed E-state index contributed by atoms with van der Waals surface area (Å²) >= 11 is 6.23. The highest BCUT2D eigenvalue weighted by Crippen LogP contribution is 2.34. The second-order valence-corrected chi connectivity index (χ2v) is 11.8. The van der Waals surface area contributed by atoms with Crippen molar-refractivity contribution in [2.45, 2.75) is 16.5 Å². The molecule has 0 N–H and O–H groups in total. The van der Waals surface area contributed by atoms with Gasteiger partial charge in [-0.15, -0.1) is 0 Å². The number of hydrogen-bond donors (Lipinski definition) is 0. The number of rotatable bonds is 5.